The lowest BCUT2D eigenvalue weighted by molar-refractivity contribution is -0.150. The molecule has 0 aromatic heterocycles. The molecule has 21 heavy (non-hydrogen) atoms. The lowest BCUT2D eigenvalue weighted by Crippen LogP contribution is -2.48. The number of benzene rings is 1. The molecule has 0 aliphatic carbocycles. The van der Waals surface area contributed by atoms with Gasteiger partial charge in [-0.05, 0) is 65.0 Å². The molecule has 1 unspecified atom stereocenters. The van der Waals surface area contributed by atoms with E-state index >= 15 is 0 Å². The molecule has 1 rings (SSSR count). The summed E-state index contributed by atoms with van der Waals surface area (Å²) in [6, 6.07) is 6.52. The van der Waals surface area contributed by atoms with Crippen molar-refractivity contribution >= 4 is 17.7 Å². The van der Waals surface area contributed by atoms with Crippen LogP contribution in [0.3, 0.4) is 0 Å². The first kappa shape index (κ1) is 18.1. The van der Waals surface area contributed by atoms with E-state index in [9.17, 15) is 4.79 Å². The predicted octanol–water partition coefficient (Wildman–Crippen LogP) is 3.72. The second-order valence-electron chi connectivity index (χ2n) is 5.52. The first-order valence-corrected chi connectivity index (χ1v) is 8.47. The standard InChI is InChI=1S/C17H27NO2S/c1-6-20-16(19)17(4,18-5)10-7-11-21-15-12-13(2)8-9-14(15)3/h8-9,12,18H,6-7,10-11H2,1-5H3. The number of rotatable bonds is 8. The van der Waals surface area contributed by atoms with Gasteiger partial charge in [0.15, 0.2) is 0 Å². The fourth-order valence-corrected chi connectivity index (χ4v) is 3.16. The summed E-state index contributed by atoms with van der Waals surface area (Å²) >= 11 is 1.86. The third kappa shape index (κ3) is 5.36. The number of thioether (sulfide) groups is 1. The Morgan fingerprint density at radius 2 is 2.10 bits per heavy atom. The minimum atomic E-state index is -0.585. The van der Waals surface area contributed by atoms with E-state index in [0.717, 1.165) is 18.6 Å². The van der Waals surface area contributed by atoms with E-state index in [-0.39, 0.29) is 5.97 Å². The molecule has 0 aliphatic rings. The second kappa shape index (κ2) is 8.44. The first-order chi connectivity index (χ1) is 9.92. The summed E-state index contributed by atoms with van der Waals surface area (Å²) in [6.45, 7) is 8.42. The maximum Gasteiger partial charge on any atom is 0.326 e. The van der Waals surface area contributed by atoms with Crippen LogP contribution in [0, 0.1) is 13.8 Å². The number of esters is 1. The molecular weight excluding hydrogens is 282 g/mol. The summed E-state index contributed by atoms with van der Waals surface area (Å²) in [6.07, 6.45) is 1.74. The molecule has 1 atom stereocenters. The van der Waals surface area contributed by atoms with Crippen LogP contribution in [0.5, 0.6) is 0 Å². The van der Waals surface area contributed by atoms with Gasteiger partial charge in [-0.1, -0.05) is 17.7 Å². The first-order valence-electron chi connectivity index (χ1n) is 7.49. The van der Waals surface area contributed by atoms with Gasteiger partial charge in [0.05, 0.1) is 6.61 Å². The zero-order valence-corrected chi connectivity index (χ0v) is 14.6. The minimum Gasteiger partial charge on any atom is -0.465 e. The highest BCUT2D eigenvalue weighted by atomic mass is 32.2. The van der Waals surface area contributed by atoms with Gasteiger partial charge in [-0.2, -0.15) is 0 Å². The summed E-state index contributed by atoms with van der Waals surface area (Å²) in [4.78, 5) is 13.3. The Morgan fingerprint density at radius 1 is 1.38 bits per heavy atom. The van der Waals surface area contributed by atoms with Crippen LogP contribution in [-0.4, -0.2) is 30.9 Å². The van der Waals surface area contributed by atoms with Crippen molar-refractivity contribution in [2.45, 2.75) is 51.0 Å². The molecular formula is C17H27NO2S. The Labute approximate surface area is 132 Å². The zero-order chi connectivity index (χ0) is 15.9. The maximum absolute atomic E-state index is 12.0. The predicted molar refractivity (Wildman–Crippen MR) is 90.0 cm³/mol. The van der Waals surface area contributed by atoms with Crippen LogP contribution in [0.15, 0.2) is 23.1 Å². The van der Waals surface area contributed by atoms with E-state index in [1.54, 1.807) is 0 Å². The van der Waals surface area contributed by atoms with Crippen molar-refractivity contribution in [3.05, 3.63) is 29.3 Å². The maximum atomic E-state index is 12.0. The van der Waals surface area contributed by atoms with Crippen LogP contribution in [0.1, 0.15) is 37.8 Å². The van der Waals surface area contributed by atoms with Crippen molar-refractivity contribution in [1.82, 2.24) is 5.32 Å². The van der Waals surface area contributed by atoms with Gasteiger partial charge in [0, 0.05) is 4.90 Å². The molecule has 0 fully saturated rings. The molecule has 0 bridgehead atoms. The third-order valence-corrected chi connectivity index (χ3v) is 4.94. The van der Waals surface area contributed by atoms with Crippen LogP contribution in [0.25, 0.3) is 0 Å². The molecule has 3 nitrogen and oxygen atoms in total. The number of hydrogen-bond acceptors (Lipinski definition) is 4. The highest BCUT2D eigenvalue weighted by Gasteiger charge is 2.32. The quantitative estimate of drug-likeness (QED) is 0.451. The van der Waals surface area contributed by atoms with Gasteiger partial charge < -0.3 is 10.1 Å². The van der Waals surface area contributed by atoms with Crippen molar-refractivity contribution < 1.29 is 9.53 Å². The molecule has 4 heteroatoms. The molecule has 0 radical (unpaired) electrons. The molecule has 0 spiro atoms. The number of likely N-dealkylation sites (N-methyl/N-ethyl adjacent to an activating group) is 1. The Balaban J connectivity index is 2.48. The van der Waals surface area contributed by atoms with Crippen molar-refractivity contribution in [2.75, 3.05) is 19.4 Å². The third-order valence-electron chi connectivity index (χ3n) is 3.70. The van der Waals surface area contributed by atoms with Gasteiger partial charge in [0.25, 0.3) is 0 Å². The Morgan fingerprint density at radius 3 is 2.71 bits per heavy atom. The average molecular weight is 309 g/mol. The summed E-state index contributed by atoms with van der Waals surface area (Å²) in [5, 5.41) is 3.10. The molecule has 118 valence electrons. The lowest BCUT2D eigenvalue weighted by Gasteiger charge is -2.26. The molecule has 0 amide bonds. The van der Waals surface area contributed by atoms with Crippen LogP contribution >= 0.6 is 11.8 Å². The Hall–Kier alpha value is -1.00. The molecule has 1 aromatic carbocycles. The number of nitrogens with one attached hydrogen (secondary N) is 1. The molecule has 0 aliphatic heterocycles. The van der Waals surface area contributed by atoms with E-state index in [2.05, 4.69) is 37.4 Å². The largest absolute Gasteiger partial charge is 0.465 e. The SMILES string of the molecule is CCOC(=O)C(C)(CCCSc1cc(C)ccc1C)NC. The van der Waals surface area contributed by atoms with E-state index in [1.807, 2.05) is 32.7 Å². The van der Waals surface area contributed by atoms with E-state index in [1.165, 1.54) is 16.0 Å². The lowest BCUT2D eigenvalue weighted by atomic mass is 9.97. The van der Waals surface area contributed by atoms with Gasteiger partial charge in [-0.15, -0.1) is 11.8 Å². The van der Waals surface area contributed by atoms with Gasteiger partial charge >= 0.3 is 5.97 Å². The van der Waals surface area contributed by atoms with E-state index in [4.69, 9.17) is 4.74 Å². The summed E-state index contributed by atoms with van der Waals surface area (Å²) in [7, 11) is 1.81. The summed E-state index contributed by atoms with van der Waals surface area (Å²) < 4.78 is 5.14. The van der Waals surface area contributed by atoms with Gasteiger partial charge in [0.2, 0.25) is 0 Å². The number of carbonyl (C=O) groups is 1. The zero-order valence-electron chi connectivity index (χ0n) is 13.8. The Bertz CT molecular complexity index is 476. The van der Waals surface area contributed by atoms with Crippen LogP contribution in [-0.2, 0) is 9.53 Å². The van der Waals surface area contributed by atoms with Crippen molar-refractivity contribution in [2.24, 2.45) is 0 Å². The summed E-state index contributed by atoms with van der Waals surface area (Å²) in [5.74, 6) is 0.838. The fourth-order valence-electron chi connectivity index (χ4n) is 2.09. The highest BCUT2D eigenvalue weighted by Crippen LogP contribution is 2.26. The normalized spacial score (nSPS) is 13.8. The van der Waals surface area contributed by atoms with Crippen LogP contribution < -0.4 is 5.32 Å². The number of aryl methyl sites for hydroxylation is 2. The fraction of sp³-hybridized carbons (Fsp3) is 0.588. The molecule has 0 heterocycles. The molecule has 1 N–H and O–H groups in total. The van der Waals surface area contributed by atoms with Gasteiger partial charge in [-0.3, -0.25) is 4.79 Å². The van der Waals surface area contributed by atoms with Gasteiger partial charge in [0.1, 0.15) is 5.54 Å². The monoisotopic (exact) mass is 309 g/mol. The van der Waals surface area contributed by atoms with Crippen LogP contribution in [0.2, 0.25) is 0 Å². The average Bonchev–Trinajstić information content (AvgIpc) is 2.47. The topological polar surface area (TPSA) is 38.3 Å². The van der Waals surface area contributed by atoms with E-state index < -0.39 is 5.54 Å². The number of hydrogen-bond donors (Lipinski definition) is 1. The van der Waals surface area contributed by atoms with Gasteiger partial charge in [-0.25, -0.2) is 0 Å². The minimum absolute atomic E-state index is 0.163. The molecule has 1 aromatic rings. The molecule has 0 saturated carbocycles. The number of ether oxygens (including phenoxy) is 1. The van der Waals surface area contributed by atoms with Crippen LogP contribution in [0.4, 0.5) is 0 Å². The number of carbonyl (C=O) groups excluding carboxylic acids is 1. The van der Waals surface area contributed by atoms with Crippen molar-refractivity contribution in [1.29, 1.82) is 0 Å². The smallest absolute Gasteiger partial charge is 0.326 e. The van der Waals surface area contributed by atoms with Crippen molar-refractivity contribution in [3.8, 4) is 0 Å². The second-order valence-corrected chi connectivity index (χ2v) is 6.66. The highest BCUT2D eigenvalue weighted by molar-refractivity contribution is 7.99. The molecule has 0 saturated heterocycles. The van der Waals surface area contributed by atoms with Crippen molar-refractivity contribution in [3.63, 3.8) is 0 Å². The Kier molecular flexibility index (Phi) is 7.26. The summed E-state index contributed by atoms with van der Waals surface area (Å²) in [5.41, 5.74) is 2.01. The van der Waals surface area contributed by atoms with E-state index in [0.29, 0.717) is 6.61 Å².